The number of anilines is 1. The van der Waals surface area contributed by atoms with Crippen molar-refractivity contribution < 1.29 is 0 Å². The molecular weight excluding hydrogens is 625 g/mol. The van der Waals surface area contributed by atoms with Crippen molar-refractivity contribution in [3.8, 4) is 16.8 Å². The molecule has 3 aliphatic rings. The lowest BCUT2D eigenvalue weighted by Gasteiger charge is -2.29. The molecule has 0 atom stereocenters. The minimum absolute atomic E-state index is 0.0909. The Morgan fingerprint density at radius 3 is 2.36 bits per heavy atom. The summed E-state index contributed by atoms with van der Waals surface area (Å²) < 4.78 is 5.16. The SMILES string of the molecule is C=C1/C=c2\c(n(-c3ccc4c(c3)C(C)(C)c3ccccc3-4)c3ccc4c5ccccc5sc4c23)=C/N(c2ccccc2)C2=C1C=CCC2.CC. The Bertz CT molecular complexity index is 2710. The fourth-order valence-electron chi connectivity index (χ4n) is 8.45. The fraction of sp³-hybridized carbons (Fsp3) is 0.149. The molecule has 1 aliphatic heterocycles. The summed E-state index contributed by atoms with van der Waals surface area (Å²) in [4.78, 5) is 2.43. The Balaban J connectivity index is 0.00000165. The summed E-state index contributed by atoms with van der Waals surface area (Å²) in [5, 5.41) is 6.32. The van der Waals surface area contributed by atoms with Crippen molar-refractivity contribution in [1.29, 1.82) is 0 Å². The van der Waals surface area contributed by atoms with Gasteiger partial charge >= 0.3 is 0 Å². The molecule has 0 fully saturated rings. The van der Waals surface area contributed by atoms with Crippen LogP contribution in [0, 0.1) is 0 Å². The summed E-state index contributed by atoms with van der Waals surface area (Å²) in [5.41, 5.74) is 12.5. The van der Waals surface area contributed by atoms with E-state index in [1.807, 2.05) is 25.2 Å². The monoisotopic (exact) mass is 664 g/mol. The van der Waals surface area contributed by atoms with Gasteiger partial charge in [-0.05, 0) is 83.1 Å². The molecule has 3 heteroatoms. The summed E-state index contributed by atoms with van der Waals surface area (Å²) >= 11 is 1.90. The number of benzene rings is 5. The van der Waals surface area contributed by atoms with Crippen LogP contribution in [0.4, 0.5) is 5.69 Å². The van der Waals surface area contributed by atoms with Crippen molar-refractivity contribution in [2.45, 2.75) is 46.0 Å². The Morgan fingerprint density at radius 1 is 0.740 bits per heavy atom. The van der Waals surface area contributed by atoms with E-state index in [1.54, 1.807) is 0 Å². The minimum Gasteiger partial charge on any atom is -0.318 e. The van der Waals surface area contributed by atoms with Gasteiger partial charge in [0.2, 0.25) is 0 Å². The van der Waals surface area contributed by atoms with Gasteiger partial charge in [0.15, 0.2) is 0 Å². The van der Waals surface area contributed by atoms with E-state index >= 15 is 0 Å². The van der Waals surface area contributed by atoms with Crippen molar-refractivity contribution in [3.63, 3.8) is 0 Å². The Labute approximate surface area is 297 Å². The molecule has 244 valence electrons. The van der Waals surface area contributed by atoms with Gasteiger partial charge in [0, 0.05) is 65.0 Å². The lowest BCUT2D eigenvalue weighted by atomic mass is 9.82. The highest BCUT2D eigenvalue weighted by molar-refractivity contribution is 7.26. The average molecular weight is 665 g/mol. The number of nitrogens with zero attached hydrogens (tertiary/aromatic N) is 2. The molecule has 2 nitrogen and oxygen atoms in total. The fourth-order valence-corrected chi connectivity index (χ4v) is 9.71. The summed E-state index contributed by atoms with van der Waals surface area (Å²) in [7, 11) is 0. The number of allylic oxidation sites excluding steroid dienone is 5. The standard InChI is InChI=1S/C45H34N2S.C2H6/c1-28-25-36-41(27-46(29-13-5-4-6-14-29)39-19-11-8-15-31(28)39)47(40-24-23-35-34-17-9-12-20-42(34)48-44(35)43(36)40)30-21-22-33-32-16-7-10-18-37(32)45(2,3)38(33)26-30;1-2/h4-10,12-18,20-27H,1,11,19H2,2-3H3;1-2H3/b36-25+,41-27+;. The van der Waals surface area contributed by atoms with Gasteiger partial charge < -0.3 is 9.47 Å². The number of fused-ring (bicyclic) bond motifs is 10. The van der Waals surface area contributed by atoms with E-state index in [0.717, 1.165) is 24.1 Å². The van der Waals surface area contributed by atoms with E-state index < -0.39 is 0 Å². The van der Waals surface area contributed by atoms with Crippen LogP contribution in [0.2, 0.25) is 0 Å². The van der Waals surface area contributed by atoms with Crippen LogP contribution in [-0.2, 0) is 5.41 Å². The van der Waals surface area contributed by atoms with Gasteiger partial charge in [-0.15, -0.1) is 11.3 Å². The van der Waals surface area contributed by atoms with E-state index in [0.29, 0.717) is 0 Å². The second kappa shape index (κ2) is 11.6. The molecule has 0 saturated heterocycles. The molecule has 0 amide bonds. The van der Waals surface area contributed by atoms with Gasteiger partial charge in [-0.2, -0.15) is 0 Å². The zero-order valence-electron chi connectivity index (χ0n) is 29.1. The number of thiophene rings is 1. The molecule has 0 unspecified atom stereocenters. The predicted octanol–water partition coefficient (Wildman–Crippen LogP) is 11.5. The molecule has 7 aromatic rings. The van der Waals surface area contributed by atoms with E-state index in [2.05, 4.69) is 157 Å². The number of hydrogen-bond donors (Lipinski definition) is 0. The second-order valence-corrected chi connectivity index (χ2v) is 14.8. The molecule has 0 spiro atoms. The highest BCUT2D eigenvalue weighted by Gasteiger charge is 2.35. The first-order valence-electron chi connectivity index (χ1n) is 17.9. The van der Waals surface area contributed by atoms with Gasteiger partial charge in [-0.3, -0.25) is 0 Å². The molecule has 50 heavy (non-hydrogen) atoms. The van der Waals surface area contributed by atoms with E-state index in [9.17, 15) is 0 Å². The quantitative estimate of drug-likeness (QED) is 0.179. The van der Waals surface area contributed by atoms with Crippen LogP contribution in [0.3, 0.4) is 0 Å². The van der Waals surface area contributed by atoms with E-state index in [-0.39, 0.29) is 5.41 Å². The first kappa shape index (κ1) is 30.7. The van der Waals surface area contributed by atoms with Crippen molar-refractivity contribution in [2.75, 3.05) is 4.90 Å². The predicted molar refractivity (Wildman–Crippen MR) is 217 cm³/mol. The van der Waals surface area contributed by atoms with Crippen molar-refractivity contribution in [1.82, 2.24) is 4.57 Å². The molecule has 2 aromatic heterocycles. The lowest BCUT2D eigenvalue weighted by molar-refractivity contribution is 0.659. The molecule has 0 saturated carbocycles. The molecule has 0 bridgehead atoms. The summed E-state index contributed by atoms with van der Waals surface area (Å²) in [6.45, 7) is 13.5. The van der Waals surface area contributed by atoms with Gasteiger partial charge in [0.05, 0.1) is 10.9 Å². The molecule has 5 aromatic carbocycles. The third-order valence-corrected chi connectivity index (χ3v) is 12.0. The number of para-hydroxylation sites is 1. The van der Waals surface area contributed by atoms with Gasteiger partial charge in [-0.25, -0.2) is 0 Å². The third-order valence-electron chi connectivity index (χ3n) is 10.8. The zero-order valence-corrected chi connectivity index (χ0v) is 29.9. The maximum atomic E-state index is 4.72. The van der Waals surface area contributed by atoms with Crippen LogP contribution in [0.5, 0.6) is 0 Å². The Hall–Kier alpha value is -5.38. The van der Waals surface area contributed by atoms with E-state index in [4.69, 9.17) is 6.58 Å². The molecule has 0 N–H and O–H groups in total. The lowest BCUT2D eigenvalue weighted by Crippen LogP contribution is -2.35. The maximum absolute atomic E-state index is 4.72. The largest absolute Gasteiger partial charge is 0.318 e. The van der Waals surface area contributed by atoms with E-state index in [1.165, 1.54) is 80.9 Å². The molecule has 0 radical (unpaired) electrons. The first-order valence-corrected chi connectivity index (χ1v) is 18.7. The minimum atomic E-state index is -0.0909. The molecule has 2 aliphatic carbocycles. The molecule has 3 heterocycles. The maximum Gasteiger partial charge on any atom is 0.0707 e. The highest BCUT2D eigenvalue weighted by atomic mass is 32.1. The number of rotatable bonds is 2. The number of aromatic nitrogens is 1. The van der Waals surface area contributed by atoms with Gasteiger partial charge in [0.1, 0.15) is 0 Å². The Kier molecular flexibility index (Phi) is 7.12. The normalized spacial score (nSPS) is 17.1. The highest BCUT2D eigenvalue weighted by Crippen LogP contribution is 2.49. The van der Waals surface area contributed by atoms with Crippen molar-refractivity contribution >= 4 is 60.4 Å². The van der Waals surface area contributed by atoms with Crippen LogP contribution in [0.15, 0.2) is 145 Å². The van der Waals surface area contributed by atoms with Crippen LogP contribution < -0.4 is 15.5 Å². The first-order chi connectivity index (χ1) is 24.5. The van der Waals surface area contributed by atoms with Gasteiger partial charge in [0.25, 0.3) is 0 Å². The molecule has 10 rings (SSSR count). The van der Waals surface area contributed by atoms with Crippen LogP contribution in [0.1, 0.15) is 51.7 Å². The second-order valence-electron chi connectivity index (χ2n) is 13.8. The Morgan fingerprint density at radius 2 is 1.50 bits per heavy atom. The average Bonchev–Trinajstić information content (AvgIpc) is 3.76. The van der Waals surface area contributed by atoms with Crippen LogP contribution in [-0.4, -0.2) is 4.57 Å². The van der Waals surface area contributed by atoms with Crippen molar-refractivity contribution in [3.05, 3.63) is 166 Å². The number of hydrogen-bond acceptors (Lipinski definition) is 2. The van der Waals surface area contributed by atoms with Crippen LogP contribution >= 0.6 is 11.3 Å². The topological polar surface area (TPSA) is 8.17 Å². The van der Waals surface area contributed by atoms with Gasteiger partial charge in [-0.1, -0.05) is 119 Å². The van der Waals surface area contributed by atoms with Crippen molar-refractivity contribution in [2.24, 2.45) is 0 Å². The third kappa shape index (κ3) is 4.39. The zero-order chi connectivity index (χ0) is 34.1. The molecular formula is C47H40N2S. The van der Waals surface area contributed by atoms with Crippen LogP contribution in [0.25, 0.3) is 60.2 Å². The summed E-state index contributed by atoms with van der Waals surface area (Å²) in [5.74, 6) is 0. The summed E-state index contributed by atoms with van der Waals surface area (Å²) in [6, 6.07) is 40.4. The smallest absolute Gasteiger partial charge is 0.0707 e. The summed E-state index contributed by atoms with van der Waals surface area (Å²) in [6.07, 6.45) is 11.3.